The molecule has 0 fully saturated rings. The molecular weight excluding hydrogens is 434 g/mol. The number of benzene rings is 2. The van der Waals surface area contributed by atoms with E-state index in [0.717, 1.165) is 27.1 Å². The molecule has 1 aliphatic rings. The molecular formula is C27H27NO4S. The Morgan fingerprint density at radius 2 is 1.85 bits per heavy atom. The Labute approximate surface area is 197 Å². The smallest absolute Gasteiger partial charge is 0.412 e. The molecule has 4 rings (SSSR count). The lowest BCUT2D eigenvalue weighted by Gasteiger charge is -2.21. The number of nitrogens with one attached hydrogen (secondary N) is 1. The molecule has 170 valence electrons. The molecule has 1 aromatic heterocycles. The Bertz CT molecular complexity index is 1210. The van der Waals surface area contributed by atoms with Gasteiger partial charge in [0, 0.05) is 35.4 Å². The fourth-order valence-electron chi connectivity index (χ4n) is 3.93. The number of ether oxygens (including phenoxy) is 1. The number of ketones is 2. The zero-order chi connectivity index (χ0) is 23.6. The lowest BCUT2D eigenvalue weighted by atomic mass is 9.88. The summed E-state index contributed by atoms with van der Waals surface area (Å²) in [6.45, 7) is 5.42. The van der Waals surface area contributed by atoms with Crippen molar-refractivity contribution in [1.82, 2.24) is 0 Å². The molecule has 33 heavy (non-hydrogen) atoms. The molecule has 6 heteroatoms. The molecule has 0 spiro atoms. The van der Waals surface area contributed by atoms with Crippen LogP contribution in [-0.2, 0) is 28.8 Å². The largest absolute Gasteiger partial charge is 0.444 e. The maximum absolute atomic E-state index is 13.2. The fourth-order valence-corrected chi connectivity index (χ4v) is 4.65. The third-order valence-electron chi connectivity index (χ3n) is 5.49. The number of anilines is 1. The number of Topliss-reactive ketones (excluding diaryl/α,β-unsaturated/α-hetero) is 2. The van der Waals surface area contributed by atoms with Crippen LogP contribution < -0.4 is 5.32 Å². The van der Waals surface area contributed by atoms with Gasteiger partial charge in [-0.1, -0.05) is 24.3 Å². The van der Waals surface area contributed by atoms with Gasteiger partial charge in [0.25, 0.3) is 0 Å². The van der Waals surface area contributed by atoms with E-state index in [2.05, 4.69) is 5.32 Å². The van der Waals surface area contributed by atoms with Gasteiger partial charge in [-0.2, -0.15) is 0 Å². The first-order valence-corrected chi connectivity index (χ1v) is 11.9. The van der Waals surface area contributed by atoms with Gasteiger partial charge in [-0.05, 0) is 79.1 Å². The average Bonchev–Trinajstić information content (AvgIpc) is 3.28. The zero-order valence-corrected chi connectivity index (χ0v) is 19.9. The Morgan fingerprint density at radius 1 is 1.03 bits per heavy atom. The first-order valence-electron chi connectivity index (χ1n) is 11.0. The highest BCUT2D eigenvalue weighted by Crippen LogP contribution is 2.30. The minimum Gasteiger partial charge on any atom is -0.444 e. The SMILES string of the molecule is CC(C)(C)OC(=O)Nc1ccc(-c2cccs2)cc1CC(=O)c1ccc2c(c1)CCC(=O)C2. The molecule has 3 aromatic rings. The van der Waals surface area contributed by atoms with Crippen molar-refractivity contribution in [3.05, 3.63) is 76.2 Å². The molecule has 1 N–H and O–H groups in total. The van der Waals surface area contributed by atoms with E-state index in [1.54, 1.807) is 38.2 Å². The van der Waals surface area contributed by atoms with E-state index in [9.17, 15) is 14.4 Å². The van der Waals surface area contributed by atoms with Gasteiger partial charge in [-0.25, -0.2) is 4.79 Å². The molecule has 0 aliphatic heterocycles. The molecule has 0 radical (unpaired) electrons. The Balaban J connectivity index is 1.61. The van der Waals surface area contributed by atoms with E-state index >= 15 is 0 Å². The summed E-state index contributed by atoms with van der Waals surface area (Å²) in [6.07, 6.45) is 1.23. The van der Waals surface area contributed by atoms with Gasteiger partial charge in [0.1, 0.15) is 11.4 Å². The highest BCUT2D eigenvalue weighted by molar-refractivity contribution is 7.13. The van der Waals surface area contributed by atoms with Crippen molar-refractivity contribution >= 4 is 34.7 Å². The van der Waals surface area contributed by atoms with Gasteiger partial charge in [0.15, 0.2) is 5.78 Å². The summed E-state index contributed by atoms with van der Waals surface area (Å²) >= 11 is 1.62. The second kappa shape index (κ2) is 9.32. The van der Waals surface area contributed by atoms with Crippen molar-refractivity contribution in [1.29, 1.82) is 0 Å². The lowest BCUT2D eigenvalue weighted by molar-refractivity contribution is -0.118. The van der Waals surface area contributed by atoms with E-state index < -0.39 is 11.7 Å². The summed E-state index contributed by atoms with van der Waals surface area (Å²) in [7, 11) is 0. The topological polar surface area (TPSA) is 72.5 Å². The van der Waals surface area contributed by atoms with Crippen molar-refractivity contribution in [2.45, 2.75) is 52.1 Å². The second-order valence-electron chi connectivity index (χ2n) is 9.28. The van der Waals surface area contributed by atoms with Crippen LogP contribution in [0.3, 0.4) is 0 Å². The van der Waals surface area contributed by atoms with E-state index in [1.807, 2.05) is 47.8 Å². The first kappa shape index (κ1) is 22.9. The minimum absolute atomic E-state index is 0.0368. The number of carbonyl (C=O) groups is 3. The Hall–Kier alpha value is -3.25. The highest BCUT2D eigenvalue weighted by Gasteiger charge is 2.20. The number of hydrogen-bond acceptors (Lipinski definition) is 5. The highest BCUT2D eigenvalue weighted by atomic mass is 32.1. The minimum atomic E-state index is -0.624. The summed E-state index contributed by atoms with van der Waals surface area (Å²) in [4.78, 5) is 38.4. The summed E-state index contributed by atoms with van der Waals surface area (Å²) < 4.78 is 5.40. The molecule has 0 saturated carbocycles. The van der Waals surface area contributed by atoms with Gasteiger partial charge >= 0.3 is 6.09 Å². The summed E-state index contributed by atoms with van der Waals surface area (Å²) in [6, 6.07) is 15.3. The van der Waals surface area contributed by atoms with E-state index in [-0.39, 0.29) is 18.0 Å². The second-order valence-corrected chi connectivity index (χ2v) is 10.2. The Kier molecular flexibility index (Phi) is 6.47. The number of thiophene rings is 1. The van der Waals surface area contributed by atoms with Crippen LogP contribution >= 0.6 is 11.3 Å². The lowest BCUT2D eigenvalue weighted by Crippen LogP contribution is -2.27. The normalized spacial score (nSPS) is 13.4. The first-order chi connectivity index (χ1) is 15.7. The Morgan fingerprint density at radius 3 is 2.58 bits per heavy atom. The predicted octanol–water partition coefficient (Wildman–Crippen LogP) is 6.25. The molecule has 0 unspecified atom stereocenters. The van der Waals surface area contributed by atoms with Crippen LogP contribution in [0.25, 0.3) is 10.4 Å². The van der Waals surface area contributed by atoms with Crippen molar-refractivity contribution in [2.75, 3.05) is 5.32 Å². The number of amides is 1. The third-order valence-corrected chi connectivity index (χ3v) is 6.41. The molecule has 0 saturated heterocycles. The van der Waals surface area contributed by atoms with Crippen LogP contribution in [0.15, 0.2) is 53.9 Å². The van der Waals surface area contributed by atoms with Gasteiger partial charge < -0.3 is 4.74 Å². The summed E-state index contributed by atoms with van der Waals surface area (Å²) in [5, 5.41) is 4.81. The van der Waals surface area contributed by atoms with Crippen LogP contribution in [0, 0.1) is 0 Å². The van der Waals surface area contributed by atoms with Crippen LogP contribution in [0.4, 0.5) is 10.5 Å². The van der Waals surface area contributed by atoms with Gasteiger partial charge in [0.05, 0.1) is 0 Å². The summed E-state index contributed by atoms with van der Waals surface area (Å²) in [5.41, 5.74) is 4.35. The predicted molar refractivity (Wildman–Crippen MR) is 131 cm³/mol. The van der Waals surface area contributed by atoms with Crippen LogP contribution in [-0.4, -0.2) is 23.3 Å². The molecule has 1 amide bonds. The van der Waals surface area contributed by atoms with Crippen molar-refractivity contribution < 1.29 is 19.1 Å². The average molecular weight is 462 g/mol. The van der Waals surface area contributed by atoms with Crippen LogP contribution in [0.5, 0.6) is 0 Å². The number of hydrogen-bond donors (Lipinski definition) is 1. The quantitative estimate of drug-likeness (QED) is 0.456. The monoisotopic (exact) mass is 461 g/mol. The van der Waals surface area contributed by atoms with Crippen molar-refractivity contribution in [3.8, 4) is 10.4 Å². The molecule has 0 bridgehead atoms. The molecule has 1 heterocycles. The molecule has 1 aliphatic carbocycles. The maximum Gasteiger partial charge on any atom is 0.412 e. The number of aryl methyl sites for hydroxylation is 1. The molecule has 2 aromatic carbocycles. The van der Waals surface area contributed by atoms with Crippen LogP contribution in [0.2, 0.25) is 0 Å². The van der Waals surface area contributed by atoms with E-state index in [0.29, 0.717) is 30.5 Å². The van der Waals surface area contributed by atoms with E-state index in [1.165, 1.54) is 0 Å². The number of rotatable bonds is 5. The number of fused-ring (bicyclic) bond motifs is 1. The van der Waals surface area contributed by atoms with Crippen molar-refractivity contribution in [2.24, 2.45) is 0 Å². The third kappa shape index (κ3) is 5.76. The van der Waals surface area contributed by atoms with Crippen LogP contribution in [0.1, 0.15) is 54.2 Å². The van der Waals surface area contributed by atoms with Gasteiger partial charge in [-0.15, -0.1) is 11.3 Å². The van der Waals surface area contributed by atoms with Gasteiger partial charge in [-0.3, -0.25) is 14.9 Å². The maximum atomic E-state index is 13.2. The summed E-state index contributed by atoms with van der Waals surface area (Å²) in [5.74, 6) is 0.204. The standard InChI is InChI=1S/C27H27NO4S/c1-27(2,3)32-26(31)28-23-11-9-20(25-5-4-12-33-25)14-21(23)16-24(30)19-7-6-18-15-22(29)10-8-17(18)13-19/h4-7,9,11-14H,8,10,15-16H2,1-3H3,(H,28,31). The zero-order valence-electron chi connectivity index (χ0n) is 19.1. The number of carbonyl (C=O) groups excluding carboxylic acids is 3. The molecule has 0 atom stereocenters. The molecule has 5 nitrogen and oxygen atoms in total. The fraction of sp³-hybridized carbons (Fsp3) is 0.296. The van der Waals surface area contributed by atoms with Crippen molar-refractivity contribution in [3.63, 3.8) is 0 Å². The van der Waals surface area contributed by atoms with E-state index in [4.69, 9.17) is 4.74 Å². The van der Waals surface area contributed by atoms with Gasteiger partial charge in [0.2, 0.25) is 0 Å².